The molecule has 0 saturated carbocycles. The monoisotopic (exact) mass is 443 g/mol. The van der Waals surface area contributed by atoms with Crippen molar-refractivity contribution in [3.63, 3.8) is 0 Å². The van der Waals surface area contributed by atoms with Crippen LogP contribution in [0.1, 0.15) is 12.3 Å². The average Bonchev–Trinajstić information content (AvgIpc) is 3.48. The van der Waals surface area contributed by atoms with Crippen LogP contribution in [0.2, 0.25) is 0 Å². The van der Waals surface area contributed by atoms with E-state index in [0.29, 0.717) is 18.1 Å². The van der Waals surface area contributed by atoms with Crippen LogP contribution in [0.25, 0.3) is 33.6 Å². The highest BCUT2D eigenvalue weighted by Crippen LogP contribution is 2.32. The first-order valence-corrected chi connectivity index (χ1v) is 9.81. The Bertz CT molecular complexity index is 1450. The maximum atomic E-state index is 12.7. The molecule has 0 aliphatic carbocycles. The Hall–Kier alpha value is -4.65. The highest BCUT2D eigenvalue weighted by Gasteiger charge is 2.17. The van der Waals surface area contributed by atoms with Crippen molar-refractivity contribution < 1.29 is 13.2 Å². The minimum Gasteiger partial charge on any atom is -0.415 e. The zero-order valence-corrected chi connectivity index (χ0v) is 17.0. The van der Waals surface area contributed by atoms with Gasteiger partial charge in [-0.3, -0.25) is 0 Å². The summed E-state index contributed by atoms with van der Waals surface area (Å²) in [6.45, 7) is 0.379. The van der Waals surface area contributed by atoms with E-state index in [1.807, 2.05) is 47.0 Å². The van der Waals surface area contributed by atoms with Gasteiger partial charge in [-0.1, -0.05) is 36.3 Å². The minimum atomic E-state index is -2.84. The quantitative estimate of drug-likeness (QED) is 0.375. The summed E-state index contributed by atoms with van der Waals surface area (Å²) in [6, 6.07) is 13.7. The molecule has 0 aliphatic rings. The highest BCUT2D eigenvalue weighted by molar-refractivity contribution is 5.95. The molecular formula is C23H15F2N7O. The second kappa shape index (κ2) is 8.47. The molecule has 0 bridgehead atoms. The van der Waals surface area contributed by atoms with Crippen molar-refractivity contribution in [3.05, 3.63) is 67.1 Å². The van der Waals surface area contributed by atoms with Gasteiger partial charge in [0.15, 0.2) is 0 Å². The Labute approximate surface area is 186 Å². The van der Waals surface area contributed by atoms with Crippen molar-refractivity contribution in [2.45, 2.75) is 13.0 Å². The van der Waals surface area contributed by atoms with Crippen molar-refractivity contribution in [2.24, 2.45) is 0 Å². The topological polar surface area (TPSA) is 94.6 Å². The lowest BCUT2D eigenvalue weighted by Crippen LogP contribution is -1.99. The van der Waals surface area contributed by atoms with Gasteiger partial charge in [0.2, 0.25) is 5.95 Å². The lowest BCUT2D eigenvalue weighted by atomic mass is 10.0. The van der Waals surface area contributed by atoms with E-state index in [1.54, 1.807) is 6.33 Å². The fourth-order valence-corrected chi connectivity index (χ4v) is 3.37. The van der Waals surface area contributed by atoms with Crippen molar-refractivity contribution in [1.82, 2.24) is 29.7 Å². The predicted octanol–water partition coefficient (Wildman–Crippen LogP) is 4.86. The standard InChI is InChI=1S/C23H15F2N7O/c1-2-8-32-13-28-19-17(14-6-4-3-5-7-14)9-16(10-18(19)32)29-23-26-11-15(12-27-23)21-30-31-22(33-21)20(24)25/h1,3-7,9-13,20H,8H2,(H,26,27,29). The molecule has 0 aliphatic heterocycles. The van der Waals surface area contributed by atoms with Crippen LogP contribution < -0.4 is 5.32 Å². The number of halogens is 2. The Morgan fingerprint density at radius 3 is 2.52 bits per heavy atom. The number of nitrogens with one attached hydrogen (secondary N) is 1. The van der Waals surface area contributed by atoms with Crippen molar-refractivity contribution in [1.29, 1.82) is 0 Å². The second-order valence-electron chi connectivity index (χ2n) is 7.00. The number of hydrogen-bond acceptors (Lipinski definition) is 7. The molecule has 10 heteroatoms. The molecule has 5 rings (SSSR count). The number of terminal acetylenes is 1. The molecule has 5 aromatic rings. The third kappa shape index (κ3) is 3.99. The molecule has 0 spiro atoms. The second-order valence-corrected chi connectivity index (χ2v) is 7.00. The zero-order valence-electron chi connectivity index (χ0n) is 17.0. The summed E-state index contributed by atoms with van der Waals surface area (Å²) in [5, 5.41) is 10.1. The Morgan fingerprint density at radius 2 is 1.82 bits per heavy atom. The SMILES string of the molecule is C#CCn1cnc2c(-c3ccccc3)cc(Nc3ncc(-c4nnc(C(F)F)o4)cn3)cc21. The number of benzene rings is 2. The van der Waals surface area contributed by atoms with Crippen LogP contribution >= 0.6 is 0 Å². The number of alkyl halides is 2. The molecule has 0 saturated heterocycles. The lowest BCUT2D eigenvalue weighted by molar-refractivity contribution is 0.116. The van der Waals surface area contributed by atoms with Crippen LogP contribution in [0, 0.1) is 12.3 Å². The zero-order chi connectivity index (χ0) is 22.8. The van der Waals surface area contributed by atoms with E-state index in [9.17, 15) is 8.78 Å². The number of imidazole rings is 1. The normalized spacial score (nSPS) is 11.1. The van der Waals surface area contributed by atoms with E-state index < -0.39 is 12.3 Å². The van der Waals surface area contributed by atoms with Crippen LogP contribution in [-0.2, 0) is 6.54 Å². The van der Waals surface area contributed by atoms with Gasteiger partial charge in [0, 0.05) is 23.6 Å². The van der Waals surface area contributed by atoms with E-state index in [4.69, 9.17) is 10.8 Å². The number of nitrogens with zero attached hydrogens (tertiary/aromatic N) is 6. The summed E-state index contributed by atoms with van der Waals surface area (Å²) in [5.41, 5.74) is 4.66. The molecule has 3 aromatic heterocycles. The molecule has 3 heterocycles. The first kappa shape index (κ1) is 20.3. The van der Waals surface area contributed by atoms with Gasteiger partial charge >= 0.3 is 6.43 Å². The molecule has 8 nitrogen and oxygen atoms in total. The summed E-state index contributed by atoms with van der Waals surface area (Å²) < 4.78 is 32.1. The van der Waals surface area contributed by atoms with Crippen LogP contribution in [0.5, 0.6) is 0 Å². The van der Waals surface area contributed by atoms with Crippen LogP contribution in [0.4, 0.5) is 20.4 Å². The van der Waals surface area contributed by atoms with Crippen LogP contribution in [0.15, 0.2) is 65.6 Å². The number of fused-ring (bicyclic) bond motifs is 1. The largest absolute Gasteiger partial charge is 0.415 e. The van der Waals surface area contributed by atoms with Gasteiger partial charge in [-0.25, -0.2) is 15.0 Å². The van der Waals surface area contributed by atoms with E-state index in [-0.39, 0.29) is 5.89 Å². The third-order valence-corrected chi connectivity index (χ3v) is 4.85. The van der Waals surface area contributed by atoms with Gasteiger partial charge in [0.25, 0.3) is 11.8 Å². The number of aromatic nitrogens is 6. The molecule has 33 heavy (non-hydrogen) atoms. The third-order valence-electron chi connectivity index (χ3n) is 4.85. The molecular weight excluding hydrogens is 428 g/mol. The van der Waals surface area contributed by atoms with Crippen LogP contribution in [-0.4, -0.2) is 29.7 Å². The molecule has 2 aromatic carbocycles. The summed E-state index contributed by atoms with van der Waals surface area (Å²) in [7, 11) is 0. The summed E-state index contributed by atoms with van der Waals surface area (Å²) >= 11 is 0. The van der Waals surface area contributed by atoms with Gasteiger partial charge in [0.05, 0.1) is 29.5 Å². The Morgan fingerprint density at radius 1 is 1.03 bits per heavy atom. The smallest absolute Gasteiger partial charge is 0.314 e. The summed E-state index contributed by atoms with van der Waals surface area (Å²) in [6.07, 6.45) is 7.21. The van der Waals surface area contributed by atoms with E-state index in [1.165, 1.54) is 12.4 Å². The molecule has 0 atom stereocenters. The molecule has 0 unspecified atom stereocenters. The van der Waals surface area contributed by atoms with Crippen molar-refractivity contribution in [3.8, 4) is 34.9 Å². The highest BCUT2D eigenvalue weighted by atomic mass is 19.3. The molecule has 162 valence electrons. The predicted molar refractivity (Wildman–Crippen MR) is 118 cm³/mol. The van der Waals surface area contributed by atoms with E-state index >= 15 is 0 Å². The minimum absolute atomic E-state index is 0.0807. The van der Waals surface area contributed by atoms with E-state index in [0.717, 1.165) is 27.8 Å². The van der Waals surface area contributed by atoms with Gasteiger partial charge in [0.1, 0.15) is 0 Å². The molecule has 0 amide bonds. The molecule has 1 N–H and O–H groups in total. The maximum Gasteiger partial charge on any atom is 0.314 e. The Balaban J connectivity index is 1.49. The summed E-state index contributed by atoms with van der Waals surface area (Å²) in [4.78, 5) is 13.0. The first-order chi connectivity index (χ1) is 16.1. The number of hydrogen-bond donors (Lipinski definition) is 1. The van der Waals surface area contributed by atoms with E-state index in [2.05, 4.69) is 36.4 Å². The van der Waals surface area contributed by atoms with Gasteiger partial charge in [-0.05, 0) is 17.7 Å². The molecule has 0 fully saturated rings. The van der Waals surface area contributed by atoms with Gasteiger partial charge in [-0.15, -0.1) is 16.6 Å². The van der Waals surface area contributed by atoms with Crippen molar-refractivity contribution >= 4 is 22.7 Å². The first-order valence-electron chi connectivity index (χ1n) is 9.81. The average molecular weight is 443 g/mol. The maximum absolute atomic E-state index is 12.7. The molecule has 0 radical (unpaired) electrons. The van der Waals surface area contributed by atoms with Gasteiger partial charge in [-0.2, -0.15) is 8.78 Å². The van der Waals surface area contributed by atoms with Crippen molar-refractivity contribution in [2.75, 3.05) is 5.32 Å². The Kier molecular flexibility index (Phi) is 5.20. The van der Waals surface area contributed by atoms with Crippen LogP contribution in [0.3, 0.4) is 0 Å². The number of rotatable bonds is 6. The number of anilines is 2. The fourth-order valence-electron chi connectivity index (χ4n) is 3.37. The lowest BCUT2D eigenvalue weighted by Gasteiger charge is -2.10. The van der Waals surface area contributed by atoms with Gasteiger partial charge < -0.3 is 14.3 Å². The fraction of sp³-hybridized carbons (Fsp3) is 0.0870. The summed E-state index contributed by atoms with van der Waals surface area (Å²) in [5.74, 6) is 2.10.